The number of halogens is 2. The Kier molecular flexibility index (Phi) is 4.82. The first-order valence-corrected chi connectivity index (χ1v) is 7.44. The molecule has 19 heavy (non-hydrogen) atoms. The molecule has 0 spiro atoms. The monoisotopic (exact) mass is 385 g/mol. The quantitative estimate of drug-likeness (QED) is 0.607. The Balaban J connectivity index is 2.18. The Morgan fingerprint density at radius 3 is 2.74 bits per heavy atom. The summed E-state index contributed by atoms with van der Waals surface area (Å²) in [5.41, 5.74) is 3.56. The molecule has 0 saturated carbocycles. The number of alkyl halides is 1. The molecule has 0 aliphatic rings. The average molecular weight is 386 g/mol. The van der Waals surface area contributed by atoms with Gasteiger partial charge in [0, 0.05) is 20.7 Å². The first kappa shape index (κ1) is 14.3. The molecule has 1 N–H and O–H groups in total. The third kappa shape index (κ3) is 3.70. The molecule has 1 amide bonds. The summed E-state index contributed by atoms with van der Waals surface area (Å²) < 4.78 is 1.13. The number of anilines is 1. The van der Waals surface area contributed by atoms with Crippen LogP contribution in [0.3, 0.4) is 0 Å². The van der Waals surface area contributed by atoms with Crippen LogP contribution in [0.25, 0.3) is 0 Å². The van der Waals surface area contributed by atoms with Crippen LogP contribution in [0, 0.1) is 10.5 Å². The van der Waals surface area contributed by atoms with Crippen LogP contribution in [0.15, 0.2) is 42.5 Å². The first-order valence-electron chi connectivity index (χ1n) is 5.82. The maximum atomic E-state index is 12.1. The van der Waals surface area contributed by atoms with Gasteiger partial charge in [-0.05, 0) is 64.9 Å². The Bertz CT molecular complexity index is 613. The van der Waals surface area contributed by atoms with E-state index in [0.717, 1.165) is 14.8 Å². The van der Waals surface area contributed by atoms with Gasteiger partial charge < -0.3 is 5.32 Å². The van der Waals surface area contributed by atoms with Gasteiger partial charge in [0.05, 0.1) is 0 Å². The van der Waals surface area contributed by atoms with Gasteiger partial charge in [-0.2, -0.15) is 0 Å². The summed E-state index contributed by atoms with van der Waals surface area (Å²) in [7, 11) is 0. The molecule has 0 radical (unpaired) electrons. The molecular weight excluding hydrogens is 373 g/mol. The van der Waals surface area contributed by atoms with Gasteiger partial charge in [-0.15, -0.1) is 11.6 Å². The van der Waals surface area contributed by atoms with Gasteiger partial charge in [-0.25, -0.2) is 0 Å². The number of nitrogens with one attached hydrogen (secondary N) is 1. The number of aryl methyl sites for hydroxylation is 1. The Morgan fingerprint density at radius 1 is 1.26 bits per heavy atom. The minimum atomic E-state index is -0.119. The molecule has 0 aliphatic heterocycles. The average Bonchev–Trinajstić information content (AvgIpc) is 2.43. The number of benzene rings is 2. The highest BCUT2D eigenvalue weighted by Gasteiger charge is 2.07. The largest absolute Gasteiger partial charge is 0.322 e. The summed E-state index contributed by atoms with van der Waals surface area (Å²) in [5.74, 6) is 0.287. The predicted molar refractivity (Wildman–Crippen MR) is 87.8 cm³/mol. The van der Waals surface area contributed by atoms with E-state index in [2.05, 4.69) is 27.9 Å². The number of rotatable bonds is 3. The molecule has 0 unspecified atom stereocenters. The van der Waals surface area contributed by atoms with Crippen molar-refractivity contribution in [3.8, 4) is 0 Å². The van der Waals surface area contributed by atoms with Gasteiger partial charge in [0.15, 0.2) is 0 Å². The second kappa shape index (κ2) is 6.39. The smallest absolute Gasteiger partial charge is 0.255 e. The second-order valence-electron chi connectivity index (χ2n) is 4.25. The predicted octanol–water partition coefficient (Wildman–Crippen LogP) is 4.59. The van der Waals surface area contributed by atoms with E-state index in [1.54, 1.807) is 6.07 Å². The topological polar surface area (TPSA) is 29.1 Å². The number of hydrogen-bond acceptors (Lipinski definition) is 1. The van der Waals surface area contributed by atoms with E-state index in [-0.39, 0.29) is 5.91 Å². The van der Waals surface area contributed by atoms with Gasteiger partial charge >= 0.3 is 0 Å². The van der Waals surface area contributed by atoms with Gasteiger partial charge in [0.25, 0.3) is 5.91 Å². The van der Waals surface area contributed by atoms with Crippen molar-refractivity contribution in [2.75, 3.05) is 5.32 Å². The lowest BCUT2D eigenvalue weighted by atomic mass is 10.1. The fourth-order valence-corrected chi connectivity index (χ4v) is 2.35. The van der Waals surface area contributed by atoms with Gasteiger partial charge in [0.2, 0.25) is 0 Å². The molecule has 2 aromatic rings. The van der Waals surface area contributed by atoms with Crippen LogP contribution in [0.2, 0.25) is 0 Å². The summed E-state index contributed by atoms with van der Waals surface area (Å²) in [6, 6.07) is 13.2. The van der Waals surface area contributed by atoms with E-state index in [1.165, 1.54) is 5.56 Å². The van der Waals surface area contributed by atoms with Crippen molar-refractivity contribution in [3.63, 3.8) is 0 Å². The molecule has 4 heteroatoms. The fraction of sp³-hybridized carbons (Fsp3) is 0.133. The Morgan fingerprint density at radius 2 is 2.05 bits per heavy atom. The lowest BCUT2D eigenvalue weighted by Crippen LogP contribution is -2.12. The zero-order valence-corrected chi connectivity index (χ0v) is 13.3. The van der Waals surface area contributed by atoms with Crippen LogP contribution >= 0.6 is 34.2 Å². The van der Waals surface area contributed by atoms with Gasteiger partial charge in [-0.1, -0.05) is 18.2 Å². The van der Waals surface area contributed by atoms with Crippen molar-refractivity contribution in [2.24, 2.45) is 0 Å². The third-order valence-electron chi connectivity index (χ3n) is 2.77. The molecular formula is C15H13ClINO. The highest BCUT2D eigenvalue weighted by Crippen LogP contribution is 2.18. The lowest BCUT2D eigenvalue weighted by molar-refractivity contribution is 0.102. The van der Waals surface area contributed by atoms with E-state index >= 15 is 0 Å². The van der Waals surface area contributed by atoms with Crippen LogP contribution in [0.5, 0.6) is 0 Å². The molecule has 0 aromatic heterocycles. The van der Waals surface area contributed by atoms with E-state index < -0.39 is 0 Å². The molecule has 0 bridgehead atoms. The summed E-state index contributed by atoms with van der Waals surface area (Å²) in [6.45, 7) is 2.04. The zero-order chi connectivity index (χ0) is 13.8. The maximum absolute atomic E-state index is 12.1. The molecule has 2 aromatic carbocycles. The van der Waals surface area contributed by atoms with Crippen molar-refractivity contribution >= 4 is 45.8 Å². The molecule has 98 valence electrons. The van der Waals surface area contributed by atoms with E-state index in [4.69, 9.17) is 11.6 Å². The van der Waals surface area contributed by atoms with Gasteiger partial charge in [0.1, 0.15) is 0 Å². The molecule has 2 rings (SSSR count). The summed E-state index contributed by atoms with van der Waals surface area (Å²) in [5, 5.41) is 2.89. The first-order chi connectivity index (χ1) is 9.10. The van der Waals surface area contributed by atoms with E-state index in [0.29, 0.717) is 11.4 Å². The highest BCUT2D eigenvalue weighted by molar-refractivity contribution is 14.1. The lowest BCUT2D eigenvalue weighted by Gasteiger charge is -2.07. The van der Waals surface area contributed by atoms with Crippen molar-refractivity contribution in [3.05, 3.63) is 62.7 Å². The van der Waals surface area contributed by atoms with Crippen LogP contribution < -0.4 is 5.32 Å². The van der Waals surface area contributed by atoms with Crippen molar-refractivity contribution in [1.29, 1.82) is 0 Å². The SMILES string of the molecule is Cc1ccc(NC(=O)c2cccc(CCl)c2)cc1I. The molecule has 0 fully saturated rings. The number of amides is 1. The Hall–Kier alpha value is -1.07. The minimum Gasteiger partial charge on any atom is -0.322 e. The Labute approximate surface area is 131 Å². The third-order valence-corrected chi connectivity index (χ3v) is 4.24. The number of carbonyl (C=O) groups excluding carboxylic acids is 1. The highest BCUT2D eigenvalue weighted by atomic mass is 127. The van der Waals surface area contributed by atoms with E-state index in [9.17, 15) is 4.79 Å². The van der Waals surface area contributed by atoms with Crippen molar-refractivity contribution in [2.45, 2.75) is 12.8 Å². The standard InChI is InChI=1S/C15H13ClINO/c1-10-5-6-13(8-14(10)17)18-15(19)12-4-2-3-11(7-12)9-16/h2-8H,9H2,1H3,(H,18,19). The molecule has 0 heterocycles. The van der Waals surface area contributed by atoms with Crippen LogP contribution in [0.4, 0.5) is 5.69 Å². The number of hydrogen-bond donors (Lipinski definition) is 1. The summed E-state index contributed by atoms with van der Waals surface area (Å²) >= 11 is 8.02. The van der Waals surface area contributed by atoms with Crippen molar-refractivity contribution in [1.82, 2.24) is 0 Å². The van der Waals surface area contributed by atoms with Gasteiger partial charge in [-0.3, -0.25) is 4.79 Å². The molecule has 0 atom stereocenters. The van der Waals surface area contributed by atoms with Crippen LogP contribution in [0.1, 0.15) is 21.5 Å². The normalized spacial score (nSPS) is 10.3. The maximum Gasteiger partial charge on any atom is 0.255 e. The molecule has 0 saturated heterocycles. The molecule has 2 nitrogen and oxygen atoms in total. The zero-order valence-electron chi connectivity index (χ0n) is 10.4. The summed E-state index contributed by atoms with van der Waals surface area (Å²) in [4.78, 5) is 12.1. The second-order valence-corrected chi connectivity index (χ2v) is 5.68. The van der Waals surface area contributed by atoms with Crippen LogP contribution in [-0.2, 0) is 5.88 Å². The minimum absolute atomic E-state index is 0.119. The molecule has 0 aliphatic carbocycles. The van der Waals surface area contributed by atoms with E-state index in [1.807, 2.05) is 43.3 Å². The number of carbonyl (C=O) groups is 1. The fourth-order valence-electron chi connectivity index (χ4n) is 1.67. The van der Waals surface area contributed by atoms with Crippen LogP contribution in [-0.4, -0.2) is 5.91 Å². The summed E-state index contributed by atoms with van der Waals surface area (Å²) in [6.07, 6.45) is 0. The van der Waals surface area contributed by atoms with Crippen molar-refractivity contribution < 1.29 is 4.79 Å².